The summed E-state index contributed by atoms with van der Waals surface area (Å²) in [6.45, 7) is 9.38. The second kappa shape index (κ2) is 5.58. The molecule has 0 amide bonds. The molecular formula is C15H20N4S. The van der Waals surface area contributed by atoms with Crippen molar-refractivity contribution in [3.05, 3.63) is 39.4 Å². The Morgan fingerprint density at radius 1 is 1.35 bits per heavy atom. The Morgan fingerprint density at radius 2 is 2.20 bits per heavy atom. The van der Waals surface area contributed by atoms with E-state index in [4.69, 9.17) is 4.98 Å². The molecule has 0 bridgehead atoms. The molecule has 106 valence electrons. The minimum atomic E-state index is 0.401. The van der Waals surface area contributed by atoms with Gasteiger partial charge >= 0.3 is 0 Å². The summed E-state index contributed by atoms with van der Waals surface area (Å²) in [4.78, 5) is 17.4. The first-order chi connectivity index (χ1) is 9.63. The molecule has 4 nitrogen and oxygen atoms in total. The summed E-state index contributed by atoms with van der Waals surface area (Å²) in [6, 6.07) is 0. The van der Waals surface area contributed by atoms with E-state index in [9.17, 15) is 0 Å². The van der Waals surface area contributed by atoms with Crippen LogP contribution in [0.4, 0.5) is 0 Å². The van der Waals surface area contributed by atoms with Crippen LogP contribution in [0.5, 0.6) is 0 Å². The van der Waals surface area contributed by atoms with E-state index < -0.39 is 0 Å². The SMILES string of the molecule is Cc1ncsc1CN1CCc2nc(C(C)C)ncc2C1. The fourth-order valence-electron chi connectivity index (χ4n) is 2.48. The van der Waals surface area contributed by atoms with Gasteiger partial charge in [-0.1, -0.05) is 13.8 Å². The quantitative estimate of drug-likeness (QED) is 0.871. The molecule has 3 heterocycles. The topological polar surface area (TPSA) is 41.9 Å². The van der Waals surface area contributed by atoms with Gasteiger partial charge in [0.25, 0.3) is 0 Å². The van der Waals surface area contributed by atoms with Gasteiger partial charge in [0, 0.05) is 54.3 Å². The van der Waals surface area contributed by atoms with Crippen molar-refractivity contribution in [1.82, 2.24) is 19.9 Å². The van der Waals surface area contributed by atoms with Crippen LogP contribution in [0, 0.1) is 6.92 Å². The molecule has 2 aromatic rings. The fraction of sp³-hybridized carbons (Fsp3) is 0.533. The van der Waals surface area contributed by atoms with Crippen molar-refractivity contribution in [3.8, 4) is 0 Å². The van der Waals surface area contributed by atoms with E-state index in [2.05, 4.69) is 35.6 Å². The molecule has 0 aliphatic carbocycles. The molecule has 1 aliphatic heterocycles. The van der Waals surface area contributed by atoms with E-state index in [1.54, 1.807) is 11.3 Å². The second-order valence-electron chi connectivity index (χ2n) is 5.68. The van der Waals surface area contributed by atoms with Crippen LogP contribution in [-0.2, 0) is 19.5 Å². The normalized spacial score (nSPS) is 15.6. The van der Waals surface area contributed by atoms with Gasteiger partial charge in [-0.3, -0.25) is 4.90 Å². The Bertz CT molecular complexity index is 606. The van der Waals surface area contributed by atoms with Crippen LogP contribution in [0.15, 0.2) is 11.7 Å². The molecule has 0 aromatic carbocycles. The lowest BCUT2D eigenvalue weighted by Gasteiger charge is -2.27. The summed E-state index contributed by atoms with van der Waals surface area (Å²) < 4.78 is 0. The summed E-state index contributed by atoms with van der Waals surface area (Å²) in [5.74, 6) is 1.37. The molecule has 0 saturated heterocycles. The number of hydrogen-bond acceptors (Lipinski definition) is 5. The largest absolute Gasteiger partial charge is 0.293 e. The summed E-state index contributed by atoms with van der Waals surface area (Å²) in [5, 5.41) is 0. The summed E-state index contributed by atoms with van der Waals surface area (Å²) >= 11 is 1.75. The van der Waals surface area contributed by atoms with Crippen LogP contribution >= 0.6 is 11.3 Å². The molecule has 20 heavy (non-hydrogen) atoms. The third-order valence-corrected chi connectivity index (χ3v) is 4.68. The van der Waals surface area contributed by atoms with Crippen molar-refractivity contribution in [1.29, 1.82) is 0 Å². The third-order valence-electron chi connectivity index (χ3n) is 3.76. The molecule has 3 rings (SSSR count). The highest BCUT2D eigenvalue weighted by Gasteiger charge is 2.20. The molecule has 0 unspecified atom stereocenters. The number of fused-ring (bicyclic) bond motifs is 1. The highest BCUT2D eigenvalue weighted by atomic mass is 32.1. The van der Waals surface area contributed by atoms with E-state index in [1.165, 1.54) is 16.1 Å². The first-order valence-corrected chi connectivity index (χ1v) is 7.97. The van der Waals surface area contributed by atoms with E-state index in [0.29, 0.717) is 5.92 Å². The van der Waals surface area contributed by atoms with Gasteiger partial charge in [0.1, 0.15) is 5.82 Å². The van der Waals surface area contributed by atoms with Gasteiger partial charge in [-0.05, 0) is 6.92 Å². The van der Waals surface area contributed by atoms with Gasteiger partial charge < -0.3 is 0 Å². The van der Waals surface area contributed by atoms with Crippen molar-refractivity contribution < 1.29 is 0 Å². The molecule has 2 aromatic heterocycles. The summed E-state index contributed by atoms with van der Waals surface area (Å²) in [7, 11) is 0. The van der Waals surface area contributed by atoms with Crippen LogP contribution in [0.25, 0.3) is 0 Å². The molecule has 5 heteroatoms. The van der Waals surface area contributed by atoms with Crippen LogP contribution in [0.2, 0.25) is 0 Å². The minimum absolute atomic E-state index is 0.401. The molecule has 0 N–H and O–H groups in total. The van der Waals surface area contributed by atoms with Crippen LogP contribution in [-0.4, -0.2) is 26.4 Å². The predicted octanol–water partition coefficient (Wildman–Crippen LogP) is 2.92. The molecule has 0 saturated carbocycles. The predicted molar refractivity (Wildman–Crippen MR) is 80.8 cm³/mol. The zero-order chi connectivity index (χ0) is 14.1. The van der Waals surface area contributed by atoms with Crippen molar-refractivity contribution in [2.24, 2.45) is 0 Å². The monoisotopic (exact) mass is 288 g/mol. The summed E-state index contributed by atoms with van der Waals surface area (Å²) in [6.07, 6.45) is 3.04. The van der Waals surface area contributed by atoms with Crippen molar-refractivity contribution in [2.75, 3.05) is 6.54 Å². The van der Waals surface area contributed by atoms with E-state index in [1.807, 2.05) is 11.7 Å². The average molecular weight is 288 g/mol. The van der Waals surface area contributed by atoms with Crippen molar-refractivity contribution in [3.63, 3.8) is 0 Å². The maximum atomic E-state index is 4.71. The Hall–Kier alpha value is -1.33. The van der Waals surface area contributed by atoms with E-state index in [-0.39, 0.29) is 0 Å². The number of thiazole rings is 1. The highest BCUT2D eigenvalue weighted by molar-refractivity contribution is 7.09. The van der Waals surface area contributed by atoms with Crippen molar-refractivity contribution in [2.45, 2.75) is 46.2 Å². The Morgan fingerprint density at radius 3 is 2.90 bits per heavy atom. The lowest BCUT2D eigenvalue weighted by Crippen LogP contribution is -2.31. The highest BCUT2D eigenvalue weighted by Crippen LogP contribution is 2.22. The first-order valence-electron chi connectivity index (χ1n) is 7.09. The minimum Gasteiger partial charge on any atom is -0.293 e. The number of nitrogens with zero attached hydrogens (tertiary/aromatic N) is 4. The standard InChI is InChI=1S/C15H20N4S/c1-10(2)15-16-6-12-7-19(5-4-13(12)18-15)8-14-11(3)17-9-20-14/h6,9-10H,4-5,7-8H2,1-3H3. The van der Waals surface area contributed by atoms with E-state index in [0.717, 1.165) is 37.6 Å². The van der Waals surface area contributed by atoms with Crippen LogP contribution in [0.3, 0.4) is 0 Å². The van der Waals surface area contributed by atoms with E-state index >= 15 is 0 Å². The van der Waals surface area contributed by atoms with Gasteiger partial charge in [0.2, 0.25) is 0 Å². The van der Waals surface area contributed by atoms with Crippen LogP contribution in [0.1, 0.15) is 47.4 Å². The first kappa shape index (κ1) is 13.6. The van der Waals surface area contributed by atoms with Gasteiger partial charge in [-0.15, -0.1) is 11.3 Å². The van der Waals surface area contributed by atoms with Crippen LogP contribution < -0.4 is 0 Å². The number of rotatable bonds is 3. The molecule has 0 spiro atoms. The number of aromatic nitrogens is 3. The molecule has 0 radical (unpaired) electrons. The maximum Gasteiger partial charge on any atom is 0.131 e. The number of hydrogen-bond donors (Lipinski definition) is 0. The Kier molecular flexibility index (Phi) is 3.81. The number of aryl methyl sites for hydroxylation is 1. The Balaban J connectivity index is 1.74. The smallest absolute Gasteiger partial charge is 0.131 e. The summed E-state index contributed by atoms with van der Waals surface area (Å²) in [5.41, 5.74) is 5.61. The van der Waals surface area contributed by atoms with Gasteiger partial charge in [-0.25, -0.2) is 15.0 Å². The van der Waals surface area contributed by atoms with Gasteiger partial charge in [0.05, 0.1) is 11.2 Å². The molecular weight excluding hydrogens is 268 g/mol. The lowest BCUT2D eigenvalue weighted by atomic mass is 10.1. The zero-order valence-electron chi connectivity index (χ0n) is 12.3. The fourth-order valence-corrected chi connectivity index (χ4v) is 3.30. The Labute approximate surface area is 123 Å². The maximum absolute atomic E-state index is 4.71. The molecule has 0 atom stereocenters. The third kappa shape index (κ3) is 2.74. The van der Waals surface area contributed by atoms with Gasteiger partial charge in [0.15, 0.2) is 0 Å². The average Bonchev–Trinajstić information content (AvgIpc) is 2.83. The van der Waals surface area contributed by atoms with Crippen molar-refractivity contribution >= 4 is 11.3 Å². The molecule has 0 fully saturated rings. The lowest BCUT2D eigenvalue weighted by molar-refractivity contribution is 0.244. The second-order valence-corrected chi connectivity index (χ2v) is 6.62. The molecule has 1 aliphatic rings. The van der Waals surface area contributed by atoms with Gasteiger partial charge in [-0.2, -0.15) is 0 Å². The zero-order valence-corrected chi connectivity index (χ0v) is 13.1.